The number of aryl methyl sites for hydroxylation is 2. The van der Waals surface area contributed by atoms with Gasteiger partial charge in [0.25, 0.3) is 5.91 Å². The van der Waals surface area contributed by atoms with Gasteiger partial charge in [-0.15, -0.1) is 11.8 Å². The molecule has 0 aliphatic heterocycles. The molecule has 3 rings (SSSR count). The number of hydrogen-bond acceptors (Lipinski definition) is 5. The molecular weight excluding hydrogens is 417 g/mol. The van der Waals surface area contributed by atoms with Crippen molar-refractivity contribution in [3.05, 3.63) is 74.7 Å². The van der Waals surface area contributed by atoms with Crippen LogP contribution in [0.4, 0.5) is 0 Å². The van der Waals surface area contributed by atoms with Crippen molar-refractivity contribution >= 4 is 40.9 Å². The van der Waals surface area contributed by atoms with Crippen molar-refractivity contribution in [2.45, 2.75) is 31.2 Å². The van der Waals surface area contributed by atoms with Gasteiger partial charge in [-0.25, -0.2) is 4.98 Å². The lowest BCUT2D eigenvalue weighted by atomic mass is 10.2. The second kappa shape index (κ2) is 8.99. The van der Waals surface area contributed by atoms with Crippen molar-refractivity contribution in [3.8, 4) is 0 Å². The molecule has 0 fully saturated rings. The molecule has 2 aromatic heterocycles. The maximum Gasteiger partial charge on any atom is 0.256 e. The average Bonchev–Trinajstić information content (AvgIpc) is 3.01. The first-order valence-electron chi connectivity index (χ1n) is 8.56. The summed E-state index contributed by atoms with van der Waals surface area (Å²) in [6.45, 7) is 4.13. The monoisotopic (exact) mass is 435 g/mol. The Morgan fingerprint density at radius 1 is 1.21 bits per heavy atom. The smallest absolute Gasteiger partial charge is 0.256 e. The first-order valence-corrected chi connectivity index (χ1v) is 10.3. The lowest BCUT2D eigenvalue weighted by Crippen LogP contribution is -2.27. The number of carbonyl (C=O) groups is 1. The maximum absolute atomic E-state index is 13.0. The third-order valence-corrected chi connectivity index (χ3v) is 6.21. The van der Waals surface area contributed by atoms with E-state index in [-0.39, 0.29) is 5.91 Å². The van der Waals surface area contributed by atoms with Crippen LogP contribution >= 0.6 is 35.0 Å². The van der Waals surface area contributed by atoms with Gasteiger partial charge in [-0.05, 0) is 37.6 Å². The van der Waals surface area contributed by atoms with Crippen LogP contribution in [-0.2, 0) is 12.3 Å². The Bertz CT molecular complexity index is 987. The van der Waals surface area contributed by atoms with Gasteiger partial charge in [0, 0.05) is 31.1 Å². The minimum absolute atomic E-state index is 0.134. The third kappa shape index (κ3) is 4.51. The zero-order valence-corrected chi connectivity index (χ0v) is 18.0. The van der Waals surface area contributed by atoms with Crippen LogP contribution in [0.5, 0.6) is 0 Å². The molecule has 8 heteroatoms. The van der Waals surface area contributed by atoms with E-state index < -0.39 is 0 Å². The average molecular weight is 436 g/mol. The van der Waals surface area contributed by atoms with Gasteiger partial charge in [0.1, 0.15) is 10.8 Å². The van der Waals surface area contributed by atoms with E-state index in [9.17, 15) is 4.79 Å². The van der Waals surface area contributed by atoms with E-state index in [1.54, 1.807) is 36.3 Å². The number of halogens is 2. The number of amides is 1. The molecule has 28 heavy (non-hydrogen) atoms. The highest BCUT2D eigenvalue weighted by Crippen LogP contribution is 2.29. The number of nitrogens with zero attached hydrogens (tertiary/aromatic N) is 3. The van der Waals surface area contributed by atoms with Gasteiger partial charge < -0.3 is 9.42 Å². The minimum atomic E-state index is -0.134. The van der Waals surface area contributed by atoms with E-state index in [1.165, 1.54) is 11.8 Å². The van der Waals surface area contributed by atoms with Crippen LogP contribution in [0.1, 0.15) is 32.9 Å². The first-order chi connectivity index (χ1) is 13.4. The Morgan fingerprint density at radius 2 is 2.00 bits per heavy atom. The molecule has 0 N–H and O–H groups in total. The van der Waals surface area contributed by atoms with Gasteiger partial charge >= 0.3 is 0 Å². The summed E-state index contributed by atoms with van der Waals surface area (Å²) in [6.07, 6.45) is 1.68. The summed E-state index contributed by atoms with van der Waals surface area (Å²) in [4.78, 5) is 19.0. The molecule has 3 aromatic rings. The lowest BCUT2D eigenvalue weighted by Gasteiger charge is -2.19. The first kappa shape index (κ1) is 20.7. The largest absolute Gasteiger partial charge is 0.361 e. The van der Waals surface area contributed by atoms with Crippen molar-refractivity contribution in [2.75, 3.05) is 7.05 Å². The van der Waals surface area contributed by atoms with E-state index in [2.05, 4.69) is 10.1 Å². The Balaban J connectivity index is 1.77. The zero-order valence-electron chi connectivity index (χ0n) is 15.7. The lowest BCUT2D eigenvalue weighted by molar-refractivity contribution is 0.0781. The second-order valence-electron chi connectivity index (χ2n) is 6.32. The summed E-state index contributed by atoms with van der Waals surface area (Å²) in [5.74, 6) is 1.27. The highest BCUT2D eigenvalue weighted by atomic mass is 35.5. The molecule has 0 aliphatic carbocycles. The molecule has 5 nitrogen and oxygen atoms in total. The summed E-state index contributed by atoms with van der Waals surface area (Å²) in [5.41, 5.74) is 3.20. The van der Waals surface area contributed by atoms with Crippen LogP contribution in [0.25, 0.3) is 0 Å². The Kier molecular flexibility index (Phi) is 6.65. The second-order valence-corrected chi connectivity index (χ2v) is 8.07. The van der Waals surface area contributed by atoms with E-state index in [0.29, 0.717) is 32.9 Å². The molecule has 0 atom stereocenters. The summed E-state index contributed by atoms with van der Waals surface area (Å²) in [7, 11) is 1.73. The van der Waals surface area contributed by atoms with E-state index in [0.717, 1.165) is 22.6 Å². The molecule has 146 valence electrons. The Labute approximate surface area is 178 Å². The molecule has 0 radical (unpaired) electrons. The van der Waals surface area contributed by atoms with Crippen LogP contribution in [0.2, 0.25) is 10.0 Å². The summed E-state index contributed by atoms with van der Waals surface area (Å²) < 4.78 is 5.20. The molecule has 0 saturated heterocycles. The summed E-state index contributed by atoms with van der Waals surface area (Å²) in [5, 5.41) is 5.56. The number of aromatic nitrogens is 2. The van der Waals surface area contributed by atoms with Crippen molar-refractivity contribution in [1.82, 2.24) is 15.0 Å². The van der Waals surface area contributed by atoms with Crippen LogP contribution in [-0.4, -0.2) is 28.0 Å². The molecule has 0 unspecified atom stereocenters. The van der Waals surface area contributed by atoms with Crippen molar-refractivity contribution < 1.29 is 9.32 Å². The standard InChI is InChI=1S/C20H19Cl2N3O2S/c1-12-16(13(2)27-24-12)11-28-19-15(7-5-9-23-19)20(26)25(3)10-14-6-4-8-17(21)18(14)22/h4-9H,10-11H2,1-3H3. The van der Waals surface area contributed by atoms with Gasteiger partial charge in [-0.2, -0.15) is 0 Å². The SMILES string of the molecule is Cc1noc(C)c1CSc1ncccc1C(=O)N(C)Cc1cccc(Cl)c1Cl. The van der Waals surface area contributed by atoms with Crippen LogP contribution in [0, 0.1) is 13.8 Å². The van der Waals surface area contributed by atoms with Gasteiger partial charge in [-0.3, -0.25) is 4.79 Å². The zero-order chi connectivity index (χ0) is 20.3. The van der Waals surface area contributed by atoms with Crippen LogP contribution in [0.15, 0.2) is 46.1 Å². The van der Waals surface area contributed by atoms with E-state index in [1.807, 2.05) is 26.0 Å². The quantitative estimate of drug-likeness (QED) is 0.474. The summed E-state index contributed by atoms with van der Waals surface area (Å²) >= 11 is 13.8. The number of pyridine rings is 1. The van der Waals surface area contributed by atoms with Crippen molar-refractivity contribution in [1.29, 1.82) is 0 Å². The maximum atomic E-state index is 13.0. The number of thioether (sulfide) groups is 1. The summed E-state index contributed by atoms with van der Waals surface area (Å²) in [6, 6.07) is 8.93. The fourth-order valence-corrected chi connectivity index (χ4v) is 4.24. The van der Waals surface area contributed by atoms with Gasteiger partial charge in [0.2, 0.25) is 0 Å². The molecule has 0 aliphatic rings. The predicted octanol–water partition coefficient (Wildman–Crippen LogP) is 5.56. The van der Waals surface area contributed by atoms with Crippen LogP contribution in [0.3, 0.4) is 0 Å². The molecule has 2 heterocycles. The molecule has 1 amide bonds. The normalized spacial score (nSPS) is 10.9. The Hall–Kier alpha value is -2.02. The molecule has 0 bridgehead atoms. The minimum Gasteiger partial charge on any atom is -0.361 e. The fraction of sp³-hybridized carbons (Fsp3) is 0.250. The number of hydrogen-bond donors (Lipinski definition) is 0. The number of rotatable bonds is 6. The van der Waals surface area contributed by atoms with Crippen molar-refractivity contribution in [3.63, 3.8) is 0 Å². The molecule has 0 spiro atoms. The van der Waals surface area contributed by atoms with Gasteiger partial charge in [0.15, 0.2) is 0 Å². The molecule has 0 saturated carbocycles. The van der Waals surface area contributed by atoms with E-state index in [4.69, 9.17) is 27.7 Å². The highest BCUT2D eigenvalue weighted by molar-refractivity contribution is 7.98. The van der Waals surface area contributed by atoms with E-state index >= 15 is 0 Å². The van der Waals surface area contributed by atoms with Gasteiger partial charge in [-0.1, -0.05) is 40.5 Å². The fourth-order valence-electron chi connectivity index (χ4n) is 2.72. The third-order valence-electron chi connectivity index (χ3n) is 4.32. The van der Waals surface area contributed by atoms with Gasteiger partial charge in [0.05, 0.1) is 21.3 Å². The predicted molar refractivity (Wildman–Crippen MR) is 112 cm³/mol. The van der Waals surface area contributed by atoms with Crippen molar-refractivity contribution in [2.24, 2.45) is 0 Å². The Morgan fingerprint density at radius 3 is 2.71 bits per heavy atom. The highest BCUT2D eigenvalue weighted by Gasteiger charge is 2.19. The molecule has 1 aromatic carbocycles. The van der Waals surface area contributed by atoms with Crippen LogP contribution < -0.4 is 0 Å². The molecular formula is C20H19Cl2N3O2S. The number of carbonyl (C=O) groups excluding carboxylic acids is 1. The number of benzene rings is 1. The topological polar surface area (TPSA) is 59.2 Å².